The Morgan fingerprint density at radius 3 is 2.65 bits per heavy atom. The van der Waals surface area contributed by atoms with Crippen LogP contribution in [0.1, 0.15) is 5.56 Å². The molecule has 6 nitrogen and oxygen atoms in total. The van der Waals surface area contributed by atoms with Crippen LogP contribution in [0.2, 0.25) is 0 Å². The average molecular weight is 231 g/mol. The molecule has 0 saturated heterocycles. The van der Waals surface area contributed by atoms with Gasteiger partial charge in [0.05, 0.1) is 7.11 Å². The van der Waals surface area contributed by atoms with E-state index in [1.165, 1.54) is 7.11 Å². The van der Waals surface area contributed by atoms with E-state index in [2.05, 4.69) is 20.3 Å². The van der Waals surface area contributed by atoms with Gasteiger partial charge in [-0.25, -0.2) is 0 Å². The second kappa shape index (κ2) is 5.11. The molecule has 0 aliphatic heterocycles. The summed E-state index contributed by atoms with van der Waals surface area (Å²) in [5.41, 5.74) is 6.65. The Hall–Kier alpha value is -2.37. The number of nitrogens with one attached hydrogen (secondary N) is 1. The summed E-state index contributed by atoms with van der Waals surface area (Å²) in [4.78, 5) is 11.8. The van der Waals surface area contributed by atoms with Crippen molar-refractivity contribution in [2.24, 2.45) is 0 Å². The molecule has 0 fully saturated rings. The number of benzene rings is 1. The first-order valence-electron chi connectivity index (χ1n) is 5.11. The molecule has 0 bridgehead atoms. The average Bonchev–Trinajstić information content (AvgIpc) is 2.37. The molecule has 0 atom stereocenters. The maximum Gasteiger partial charge on any atom is 0.322 e. The van der Waals surface area contributed by atoms with Crippen molar-refractivity contribution in [2.75, 3.05) is 18.2 Å². The van der Waals surface area contributed by atoms with Crippen molar-refractivity contribution < 1.29 is 4.74 Å². The van der Waals surface area contributed by atoms with Gasteiger partial charge in [0.15, 0.2) is 0 Å². The SMILES string of the molecule is COc1nc(N)nc(NCc2ccccc2)n1. The number of ether oxygens (including phenoxy) is 1. The fourth-order valence-electron chi connectivity index (χ4n) is 1.32. The Kier molecular flexibility index (Phi) is 3.34. The van der Waals surface area contributed by atoms with E-state index in [1.54, 1.807) is 0 Å². The molecule has 3 N–H and O–H groups in total. The highest BCUT2D eigenvalue weighted by atomic mass is 16.5. The van der Waals surface area contributed by atoms with Crippen molar-refractivity contribution in [2.45, 2.75) is 6.54 Å². The quantitative estimate of drug-likeness (QED) is 0.818. The molecule has 2 rings (SSSR count). The van der Waals surface area contributed by atoms with Gasteiger partial charge < -0.3 is 15.8 Å². The molecule has 17 heavy (non-hydrogen) atoms. The van der Waals surface area contributed by atoms with Crippen molar-refractivity contribution in [3.8, 4) is 6.01 Å². The Bertz CT molecular complexity index is 488. The lowest BCUT2D eigenvalue weighted by Gasteiger charge is -2.06. The molecule has 0 saturated carbocycles. The lowest BCUT2D eigenvalue weighted by Crippen LogP contribution is -2.08. The van der Waals surface area contributed by atoms with Gasteiger partial charge in [0.2, 0.25) is 11.9 Å². The van der Waals surface area contributed by atoms with E-state index in [0.29, 0.717) is 12.5 Å². The lowest BCUT2D eigenvalue weighted by molar-refractivity contribution is 0.379. The lowest BCUT2D eigenvalue weighted by atomic mass is 10.2. The predicted molar refractivity (Wildman–Crippen MR) is 64.6 cm³/mol. The van der Waals surface area contributed by atoms with E-state index < -0.39 is 0 Å². The first-order valence-corrected chi connectivity index (χ1v) is 5.11. The fraction of sp³-hybridized carbons (Fsp3) is 0.182. The van der Waals surface area contributed by atoms with Crippen LogP contribution in [0.3, 0.4) is 0 Å². The third-order valence-electron chi connectivity index (χ3n) is 2.11. The van der Waals surface area contributed by atoms with E-state index in [0.717, 1.165) is 5.56 Å². The Morgan fingerprint density at radius 2 is 1.94 bits per heavy atom. The minimum absolute atomic E-state index is 0.132. The number of anilines is 2. The molecule has 0 aliphatic rings. The normalized spacial score (nSPS) is 9.94. The first-order chi connectivity index (χ1) is 8.28. The zero-order valence-electron chi connectivity index (χ0n) is 9.42. The van der Waals surface area contributed by atoms with Gasteiger partial charge in [-0.3, -0.25) is 0 Å². The fourth-order valence-corrected chi connectivity index (χ4v) is 1.32. The van der Waals surface area contributed by atoms with E-state index in [4.69, 9.17) is 10.5 Å². The summed E-state index contributed by atoms with van der Waals surface area (Å²) < 4.78 is 4.91. The summed E-state index contributed by atoms with van der Waals surface area (Å²) in [6, 6.07) is 10.1. The number of nitrogen functional groups attached to an aromatic ring is 1. The number of rotatable bonds is 4. The summed E-state index contributed by atoms with van der Waals surface area (Å²) in [7, 11) is 1.48. The van der Waals surface area contributed by atoms with Crippen LogP contribution in [-0.2, 0) is 6.54 Å². The minimum Gasteiger partial charge on any atom is -0.467 e. The number of methoxy groups -OCH3 is 1. The second-order valence-corrected chi connectivity index (χ2v) is 3.34. The van der Waals surface area contributed by atoms with Gasteiger partial charge in [-0.2, -0.15) is 15.0 Å². The summed E-state index contributed by atoms with van der Waals surface area (Å²) >= 11 is 0. The largest absolute Gasteiger partial charge is 0.467 e. The van der Waals surface area contributed by atoms with Crippen molar-refractivity contribution in [1.82, 2.24) is 15.0 Å². The van der Waals surface area contributed by atoms with Gasteiger partial charge in [0.25, 0.3) is 0 Å². The van der Waals surface area contributed by atoms with E-state index in [-0.39, 0.29) is 12.0 Å². The molecule has 1 aromatic heterocycles. The predicted octanol–water partition coefficient (Wildman–Crippen LogP) is 1.07. The molecule has 1 heterocycles. The maximum atomic E-state index is 5.52. The first kappa shape index (κ1) is 11.1. The molecule has 2 aromatic rings. The second-order valence-electron chi connectivity index (χ2n) is 3.34. The van der Waals surface area contributed by atoms with Crippen LogP contribution in [0.25, 0.3) is 0 Å². The monoisotopic (exact) mass is 231 g/mol. The number of nitrogens with zero attached hydrogens (tertiary/aromatic N) is 3. The van der Waals surface area contributed by atoms with Gasteiger partial charge in [-0.05, 0) is 5.56 Å². The third kappa shape index (κ3) is 3.04. The molecule has 0 aliphatic carbocycles. The zero-order valence-corrected chi connectivity index (χ0v) is 9.42. The van der Waals surface area contributed by atoms with Crippen LogP contribution in [0.5, 0.6) is 6.01 Å². The van der Waals surface area contributed by atoms with Gasteiger partial charge in [-0.15, -0.1) is 0 Å². The van der Waals surface area contributed by atoms with E-state index in [9.17, 15) is 0 Å². The summed E-state index contributed by atoms with van der Waals surface area (Å²) in [5.74, 6) is 0.533. The van der Waals surface area contributed by atoms with Gasteiger partial charge in [0, 0.05) is 6.54 Å². The summed E-state index contributed by atoms with van der Waals surface area (Å²) in [6.07, 6.45) is 0. The van der Waals surface area contributed by atoms with Crippen LogP contribution < -0.4 is 15.8 Å². The van der Waals surface area contributed by atoms with Gasteiger partial charge in [0.1, 0.15) is 0 Å². The zero-order chi connectivity index (χ0) is 12.1. The van der Waals surface area contributed by atoms with Crippen LogP contribution >= 0.6 is 0 Å². The van der Waals surface area contributed by atoms with Crippen molar-refractivity contribution in [3.05, 3.63) is 35.9 Å². The summed E-state index contributed by atoms with van der Waals surface area (Å²) in [5, 5.41) is 3.05. The molecule has 0 spiro atoms. The Balaban J connectivity index is 2.06. The molecule has 0 unspecified atom stereocenters. The molecular weight excluding hydrogens is 218 g/mol. The Morgan fingerprint density at radius 1 is 1.18 bits per heavy atom. The molecular formula is C11H13N5O. The molecule has 0 radical (unpaired) electrons. The maximum absolute atomic E-state index is 5.52. The van der Waals surface area contributed by atoms with Gasteiger partial charge >= 0.3 is 6.01 Å². The van der Waals surface area contributed by atoms with E-state index >= 15 is 0 Å². The smallest absolute Gasteiger partial charge is 0.322 e. The van der Waals surface area contributed by atoms with Crippen LogP contribution in [0.4, 0.5) is 11.9 Å². The van der Waals surface area contributed by atoms with Crippen molar-refractivity contribution >= 4 is 11.9 Å². The highest BCUT2D eigenvalue weighted by Crippen LogP contribution is 2.09. The molecule has 88 valence electrons. The topological polar surface area (TPSA) is 86.0 Å². The summed E-state index contributed by atoms with van der Waals surface area (Å²) in [6.45, 7) is 0.618. The highest BCUT2D eigenvalue weighted by molar-refractivity contribution is 5.33. The molecule has 1 aromatic carbocycles. The third-order valence-corrected chi connectivity index (χ3v) is 2.11. The minimum atomic E-state index is 0.132. The van der Waals surface area contributed by atoms with Crippen LogP contribution in [0.15, 0.2) is 30.3 Å². The van der Waals surface area contributed by atoms with Crippen molar-refractivity contribution in [3.63, 3.8) is 0 Å². The molecule has 6 heteroatoms. The standard InChI is InChI=1S/C11H13N5O/c1-17-11-15-9(12)14-10(16-11)13-7-8-5-3-2-4-6-8/h2-6H,7H2,1H3,(H3,12,13,14,15,16). The highest BCUT2D eigenvalue weighted by Gasteiger charge is 2.03. The van der Waals surface area contributed by atoms with Crippen LogP contribution in [-0.4, -0.2) is 22.1 Å². The van der Waals surface area contributed by atoms with E-state index in [1.807, 2.05) is 30.3 Å². The number of aromatic nitrogens is 3. The number of hydrogen-bond donors (Lipinski definition) is 2. The van der Waals surface area contributed by atoms with Crippen molar-refractivity contribution in [1.29, 1.82) is 0 Å². The Labute approximate surface area is 98.9 Å². The number of nitrogens with two attached hydrogens (primary N) is 1. The number of hydrogen-bond acceptors (Lipinski definition) is 6. The van der Waals surface area contributed by atoms with Crippen LogP contribution in [0, 0.1) is 0 Å². The molecule has 0 amide bonds. The van der Waals surface area contributed by atoms with Gasteiger partial charge in [-0.1, -0.05) is 30.3 Å².